The minimum Gasteiger partial charge on any atom is -0.310 e. The van der Waals surface area contributed by atoms with Gasteiger partial charge in [-0.15, -0.1) is 0 Å². The van der Waals surface area contributed by atoms with Crippen molar-refractivity contribution < 1.29 is 0 Å². The number of hydrogen-bond acceptors (Lipinski definition) is 1. The lowest BCUT2D eigenvalue weighted by atomic mass is 9.70. The van der Waals surface area contributed by atoms with Crippen molar-refractivity contribution in [1.82, 2.24) is 0 Å². The van der Waals surface area contributed by atoms with Crippen LogP contribution in [0.3, 0.4) is 0 Å². The van der Waals surface area contributed by atoms with Gasteiger partial charge in [0.15, 0.2) is 0 Å². The molecule has 0 fully saturated rings. The van der Waals surface area contributed by atoms with E-state index in [0.717, 1.165) is 17.1 Å². The molecule has 0 saturated heterocycles. The molecule has 1 nitrogen and oxygen atoms in total. The third-order valence-corrected chi connectivity index (χ3v) is 12.9. The quantitative estimate of drug-likeness (QED) is 0.163. The Bertz CT molecular complexity index is 3220. The van der Waals surface area contributed by atoms with E-state index in [4.69, 9.17) is 0 Å². The molecule has 12 rings (SSSR count). The number of fused-ring (bicyclic) bond motifs is 11. The summed E-state index contributed by atoms with van der Waals surface area (Å²) in [5.74, 6) is 0. The van der Waals surface area contributed by atoms with Gasteiger partial charge in [-0.3, -0.25) is 0 Å². The van der Waals surface area contributed by atoms with Crippen molar-refractivity contribution in [3.05, 3.63) is 259 Å². The molecule has 0 aliphatic heterocycles. The monoisotopic (exact) mass is 761 g/mol. The topological polar surface area (TPSA) is 3.24 Å². The predicted octanol–water partition coefficient (Wildman–Crippen LogP) is 15.7. The lowest BCUT2D eigenvalue weighted by Gasteiger charge is -2.32. The second kappa shape index (κ2) is 13.7. The van der Waals surface area contributed by atoms with Crippen LogP contribution in [0.2, 0.25) is 0 Å². The van der Waals surface area contributed by atoms with Crippen molar-refractivity contribution in [2.45, 2.75) is 5.41 Å². The Morgan fingerprint density at radius 1 is 0.267 bits per heavy atom. The normalized spacial score (nSPS) is 12.8. The molecule has 1 spiro atoms. The van der Waals surface area contributed by atoms with Crippen LogP contribution in [0.4, 0.5) is 17.1 Å². The average Bonchev–Trinajstić information content (AvgIpc) is 3.79. The van der Waals surface area contributed by atoms with Gasteiger partial charge in [0.1, 0.15) is 0 Å². The molecule has 0 amide bonds. The van der Waals surface area contributed by atoms with Crippen LogP contribution < -0.4 is 4.90 Å². The van der Waals surface area contributed by atoms with Crippen molar-refractivity contribution in [3.63, 3.8) is 0 Å². The molecule has 280 valence electrons. The summed E-state index contributed by atoms with van der Waals surface area (Å²) < 4.78 is 0. The van der Waals surface area contributed by atoms with Crippen LogP contribution >= 0.6 is 0 Å². The molecule has 0 unspecified atom stereocenters. The first-order chi connectivity index (χ1) is 29.8. The number of rotatable bonds is 6. The van der Waals surface area contributed by atoms with E-state index in [9.17, 15) is 0 Å². The third-order valence-electron chi connectivity index (χ3n) is 12.9. The Morgan fingerprint density at radius 3 is 1.37 bits per heavy atom. The van der Waals surface area contributed by atoms with Crippen LogP contribution in [0.1, 0.15) is 22.3 Å². The maximum atomic E-state index is 2.50. The van der Waals surface area contributed by atoms with Crippen molar-refractivity contribution in [3.8, 4) is 55.6 Å². The first-order valence-corrected chi connectivity index (χ1v) is 20.8. The first kappa shape index (κ1) is 34.3. The molecule has 10 aromatic carbocycles. The van der Waals surface area contributed by atoms with E-state index in [-0.39, 0.29) is 0 Å². The molecule has 0 N–H and O–H groups in total. The molecule has 0 aromatic heterocycles. The summed E-state index contributed by atoms with van der Waals surface area (Å²) in [4.78, 5) is 2.50. The average molecular weight is 762 g/mol. The van der Waals surface area contributed by atoms with E-state index in [0.29, 0.717) is 0 Å². The summed E-state index contributed by atoms with van der Waals surface area (Å²) in [6, 6.07) is 87.4. The summed E-state index contributed by atoms with van der Waals surface area (Å²) in [6.45, 7) is 0. The van der Waals surface area contributed by atoms with Gasteiger partial charge in [-0.1, -0.05) is 206 Å². The zero-order valence-corrected chi connectivity index (χ0v) is 33.0. The highest BCUT2D eigenvalue weighted by molar-refractivity contribution is 6.03. The largest absolute Gasteiger partial charge is 0.310 e. The summed E-state index contributed by atoms with van der Waals surface area (Å²) >= 11 is 0. The number of hydrogen-bond donors (Lipinski definition) is 0. The van der Waals surface area contributed by atoms with Crippen molar-refractivity contribution in [1.29, 1.82) is 0 Å². The van der Waals surface area contributed by atoms with Crippen LogP contribution in [-0.2, 0) is 5.41 Å². The summed E-state index contributed by atoms with van der Waals surface area (Å²) in [6.07, 6.45) is 0. The number of benzene rings is 10. The van der Waals surface area contributed by atoms with Crippen molar-refractivity contribution >= 4 is 27.8 Å². The van der Waals surface area contributed by atoms with Crippen molar-refractivity contribution in [2.75, 3.05) is 4.90 Å². The summed E-state index contributed by atoms with van der Waals surface area (Å²) in [5, 5.41) is 2.42. The molecule has 0 bridgehead atoms. The SMILES string of the molecule is c1ccc(-c2ccccc2-c2c(-c3ccccc3)cccc2N(c2ccc3c(c2)-c2ccccc2C32c3ccccc3-c3ccccc32)c2ccc3ccccc3c2)cc1. The molecular weight excluding hydrogens is 723 g/mol. The lowest BCUT2D eigenvalue weighted by molar-refractivity contribution is 0.794. The minimum absolute atomic E-state index is 0.404. The standard InChI is InChI=1S/C59H39N/c1-3-19-41(20-4-1)46-24-9-10-28-51(46)58-47(42-21-5-2-6-22-42)29-17-33-57(58)60(44-35-34-40-18-7-8-23-43(40)38-44)45-36-37-56-52(39-45)50-27-13-16-32-55(50)59(56)53-30-14-11-25-48(53)49-26-12-15-31-54(49)59/h1-39H. The fraction of sp³-hybridized carbons (Fsp3) is 0.0169. The maximum absolute atomic E-state index is 2.50. The molecule has 0 heterocycles. The van der Waals surface area contributed by atoms with Gasteiger partial charge in [0.2, 0.25) is 0 Å². The van der Waals surface area contributed by atoms with Crippen LogP contribution in [-0.4, -0.2) is 0 Å². The predicted molar refractivity (Wildman–Crippen MR) is 251 cm³/mol. The lowest BCUT2D eigenvalue weighted by Crippen LogP contribution is -2.25. The highest BCUT2D eigenvalue weighted by atomic mass is 15.1. The summed E-state index contributed by atoms with van der Waals surface area (Å²) in [5.41, 5.74) is 20.6. The highest BCUT2D eigenvalue weighted by Gasteiger charge is 2.51. The first-order valence-electron chi connectivity index (χ1n) is 20.8. The van der Waals surface area contributed by atoms with Crippen LogP contribution in [0.25, 0.3) is 66.4 Å². The molecule has 60 heavy (non-hydrogen) atoms. The Labute approximate surface area is 351 Å². The van der Waals surface area contributed by atoms with Gasteiger partial charge in [0.25, 0.3) is 0 Å². The van der Waals surface area contributed by atoms with E-state index in [2.05, 4.69) is 241 Å². The van der Waals surface area contributed by atoms with E-state index >= 15 is 0 Å². The second-order valence-electron chi connectivity index (χ2n) is 16.0. The molecule has 1 heteroatoms. The summed E-state index contributed by atoms with van der Waals surface area (Å²) in [7, 11) is 0. The fourth-order valence-electron chi connectivity index (χ4n) is 10.4. The zero-order valence-electron chi connectivity index (χ0n) is 33.0. The number of anilines is 3. The Morgan fingerprint density at radius 2 is 0.717 bits per heavy atom. The Kier molecular flexibility index (Phi) is 7.83. The fourth-order valence-corrected chi connectivity index (χ4v) is 10.4. The van der Waals surface area contributed by atoms with E-state index in [1.165, 1.54) is 88.7 Å². The molecule has 0 radical (unpaired) electrons. The van der Waals surface area contributed by atoms with E-state index in [1.807, 2.05) is 0 Å². The van der Waals surface area contributed by atoms with Gasteiger partial charge in [-0.2, -0.15) is 0 Å². The van der Waals surface area contributed by atoms with Crippen LogP contribution in [0.15, 0.2) is 237 Å². The molecular formula is C59H39N. The molecule has 0 atom stereocenters. The van der Waals surface area contributed by atoms with E-state index in [1.54, 1.807) is 0 Å². The van der Waals surface area contributed by atoms with E-state index < -0.39 is 5.41 Å². The van der Waals surface area contributed by atoms with Crippen LogP contribution in [0.5, 0.6) is 0 Å². The van der Waals surface area contributed by atoms with Crippen molar-refractivity contribution in [2.24, 2.45) is 0 Å². The van der Waals surface area contributed by atoms with Gasteiger partial charge in [-0.25, -0.2) is 0 Å². The number of nitrogens with zero attached hydrogens (tertiary/aromatic N) is 1. The highest BCUT2D eigenvalue weighted by Crippen LogP contribution is 2.63. The van der Waals surface area contributed by atoms with Gasteiger partial charge < -0.3 is 4.90 Å². The maximum Gasteiger partial charge on any atom is 0.0725 e. The zero-order chi connectivity index (χ0) is 39.6. The second-order valence-corrected chi connectivity index (χ2v) is 16.0. The van der Waals surface area contributed by atoms with Gasteiger partial charge in [-0.05, 0) is 113 Å². The third kappa shape index (κ3) is 5.06. The molecule has 2 aliphatic carbocycles. The Hall–Kier alpha value is -7.74. The Balaban J connectivity index is 1.16. The molecule has 2 aliphatic rings. The molecule has 0 saturated carbocycles. The van der Waals surface area contributed by atoms with Crippen LogP contribution in [0, 0.1) is 0 Å². The van der Waals surface area contributed by atoms with Gasteiger partial charge >= 0.3 is 0 Å². The molecule has 10 aromatic rings. The van der Waals surface area contributed by atoms with Gasteiger partial charge in [0.05, 0.1) is 11.1 Å². The smallest absolute Gasteiger partial charge is 0.0725 e. The minimum atomic E-state index is -0.404. The van der Waals surface area contributed by atoms with Gasteiger partial charge in [0, 0.05) is 16.9 Å².